The monoisotopic (exact) mass is 168 g/mol. The van der Waals surface area contributed by atoms with E-state index in [0.29, 0.717) is 12.1 Å². The Morgan fingerprint density at radius 1 is 1.27 bits per heavy atom. The molecule has 1 rings (SSSR count). The van der Waals surface area contributed by atoms with E-state index in [4.69, 9.17) is 11.0 Å². The van der Waals surface area contributed by atoms with Gasteiger partial charge in [-0.3, -0.25) is 0 Å². The maximum Gasteiger partial charge on any atom is 0.0991 e. The highest BCUT2D eigenvalue weighted by atomic mass is 35.5. The average Bonchev–Trinajstić information content (AvgIpc) is 2.05. The quantitative estimate of drug-likeness (QED) is 0.690. The molecule has 2 nitrogen and oxygen atoms in total. The molecule has 0 saturated heterocycles. The van der Waals surface area contributed by atoms with Crippen LogP contribution in [0.3, 0.4) is 0 Å². The van der Waals surface area contributed by atoms with Crippen molar-refractivity contribution in [1.29, 1.82) is 5.26 Å². The topological polar surface area (TPSA) is 49.8 Å². The first kappa shape index (κ1) is 9.96. The molecule has 0 aliphatic heterocycles. The van der Waals surface area contributed by atoms with Crippen LogP contribution in [0.5, 0.6) is 0 Å². The Kier molecular flexibility index (Phi) is 4.28. The summed E-state index contributed by atoms with van der Waals surface area (Å²) in [6, 6.07) is 9.29. The van der Waals surface area contributed by atoms with E-state index in [-0.39, 0.29) is 12.4 Å². The Labute approximate surface area is 72.0 Å². The molecule has 0 amide bonds. The van der Waals surface area contributed by atoms with Gasteiger partial charge < -0.3 is 5.73 Å². The van der Waals surface area contributed by atoms with Gasteiger partial charge in [0, 0.05) is 6.54 Å². The van der Waals surface area contributed by atoms with Gasteiger partial charge in [-0.1, -0.05) is 12.1 Å². The lowest BCUT2D eigenvalue weighted by atomic mass is 10.1. The van der Waals surface area contributed by atoms with Crippen LogP contribution in [0.15, 0.2) is 24.3 Å². The van der Waals surface area contributed by atoms with Gasteiger partial charge in [-0.15, -0.1) is 12.4 Å². The van der Waals surface area contributed by atoms with Gasteiger partial charge >= 0.3 is 0 Å². The Bertz CT molecular complexity index is 248. The molecule has 0 aromatic heterocycles. The average molecular weight is 169 g/mol. The number of benzene rings is 1. The van der Waals surface area contributed by atoms with Crippen molar-refractivity contribution in [3.05, 3.63) is 35.4 Å². The van der Waals surface area contributed by atoms with E-state index in [0.717, 1.165) is 5.56 Å². The van der Waals surface area contributed by atoms with Crippen LogP contribution in [-0.4, -0.2) is 0 Å². The fourth-order valence-electron chi connectivity index (χ4n) is 0.715. The lowest BCUT2D eigenvalue weighted by molar-refractivity contribution is 1.07. The first-order valence-corrected chi connectivity index (χ1v) is 3.06. The van der Waals surface area contributed by atoms with E-state index in [1.165, 1.54) is 0 Å². The summed E-state index contributed by atoms with van der Waals surface area (Å²) in [7, 11) is 0. The Balaban J connectivity index is 0.000001000. The highest BCUT2D eigenvalue weighted by Gasteiger charge is 1.88. The number of rotatable bonds is 1. The lowest BCUT2D eigenvalue weighted by Crippen LogP contribution is -1.94. The summed E-state index contributed by atoms with van der Waals surface area (Å²) in [4.78, 5) is 0. The molecule has 2 N–H and O–H groups in total. The second-order valence-electron chi connectivity index (χ2n) is 2.01. The van der Waals surface area contributed by atoms with Crippen LogP contribution in [-0.2, 0) is 6.54 Å². The smallest absolute Gasteiger partial charge is 0.0991 e. The van der Waals surface area contributed by atoms with Gasteiger partial charge in [0.25, 0.3) is 0 Å². The van der Waals surface area contributed by atoms with Crippen molar-refractivity contribution >= 4 is 12.4 Å². The lowest BCUT2D eigenvalue weighted by Gasteiger charge is -1.93. The first-order chi connectivity index (χ1) is 4.86. The molecule has 0 unspecified atom stereocenters. The molecule has 1 aromatic carbocycles. The molecule has 0 heterocycles. The van der Waals surface area contributed by atoms with Crippen LogP contribution < -0.4 is 5.73 Å². The zero-order valence-corrected chi connectivity index (χ0v) is 6.77. The van der Waals surface area contributed by atoms with E-state index >= 15 is 0 Å². The van der Waals surface area contributed by atoms with Gasteiger partial charge in [0.1, 0.15) is 0 Å². The molecular formula is C8H9ClN2. The molecule has 0 saturated carbocycles. The highest BCUT2D eigenvalue weighted by molar-refractivity contribution is 5.85. The predicted octanol–water partition coefficient (Wildman–Crippen LogP) is 1.44. The number of hydrogen-bond donors (Lipinski definition) is 1. The summed E-state index contributed by atoms with van der Waals surface area (Å²) < 4.78 is 0. The van der Waals surface area contributed by atoms with Gasteiger partial charge in [-0.2, -0.15) is 5.26 Å². The summed E-state index contributed by atoms with van der Waals surface area (Å²) in [6.07, 6.45) is 0. The summed E-state index contributed by atoms with van der Waals surface area (Å²) >= 11 is 0. The van der Waals surface area contributed by atoms with Crippen LogP contribution in [0.4, 0.5) is 0 Å². The van der Waals surface area contributed by atoms with E-state index in [9.17, 15) is 0 Å². The van der Waals surface area contributed by atoms with Crippen LogP contribution in [0, 0.1) is 11.3 Å². The molecule has 0 spiro atoms. The van der Waals surface area contributed by atoms with Gasteiger partial charge in [0.2, 0.25) is 0 Å². The van der Waals surface area contributed by atoms with Crippen molar-refractivity contribution in [3.63, 3.8) is 0 Å². The molecule has 3 heteroatoms. The number of halogens is 1. The van der Waals surface area contributed by atoms with Gasteiger partial charge in [0.05, 0.1) is 11.6 Å². The third-order valence-electron chi connectivity index (χ3n) is 1.32. The summed E-state index contributed by atoms with van der Waals surface area (Å²) in [5, 5.41) is 8.42. The molecule has 0 atom stereocenters. The second-order valence-corrected chi connectivity index (χ2v) is 2.01. The zero-order chi connectivity index (χ0) is 7.40. The molecular weight excluding hydrogens is 160 g/mol. The van der Waals surface area contributed by atoms with E-state index in [1.54, 1.807) is 12.1 Å². The highest BCUT2D eigenvalue weighted by Crippen LogP contribution is 2.01. The third-order valence-corrected chi connectivity index (χ3v) is 1.32. The van der Waals surface area contributed by atoms with E-state index in [2.05, 4.69) is 0 Å². The number of nitrogens with zero attached hydrogens (tertiary/aromatic N) is 1. The molecule has 1 aromatic rings. The molecule has 11 heavy (non-hydrogen) atoms. The van der Waals surface area contributed by atoms with Crippen molar-refractivity contribution in [2.75, 3.05) is 0 Å². The fraction of sp³-hybridized carbons (Fsp3) is 0.125. The standard InChI is InChI=1S/C8H8N2.ClH/c9-5-7-1-2-8(6-10)4-3-7;/h1-4H,5,9H2;1H. The fourth-order valence-corrected chi connectivity index (χ4v) is 0.715. The zero-order valence-electron chi connectivity index (χ0n) is 5.95. The van der Waals surface area contributed by atoms with Crippen molar-refractivity contribution in [2.45, 2.75) is 6.54 Å². The van der Waals surface area contributed by atoms with E-state index in [1.807, 2.05) is 18.2 Å². The van der Waals surface area contributed by atoms with Gasteiger partial charge in [0.15, 0.2) is 0 Å². The van der Waals surface area contributed by atoms with Crippen LogP contribution in [0.1, 0.15) is 11.1 Å². The largest absolute Gasteiger partial charge is 0.326 e. The number of nitriles is 1. The van der Waals surface area contributed by atoms with Crippen LogP contribution in [0.25, 0.3) is 0 Å². The minimum atomic E-state index is 0. The van der Waals surface area contributed by atoms with Crippen molar-refractivity contribution in [3.8, 4) is 6.07 Å². The summed E-state index contributed by atoms with van der Waals surface area (Å²) in [6.45, 7) is 0.533. The molecule has 0 fully saturated rings. The summed E-state index contributed by atoms with van der Waals surface area (Å²) in [5.74, 6) is 0. The normalized spacial score (nSPS) is 8.00. The maximum absolute atomic E-state index is 8.42. The minimum absolute atomic E-state index is 0. The Morgan fingerprint density at radius 2 is 1.82 bits per heavy atom. The molecule has 0 aliphatic carbocycles. The molecule has 0 radical (unpaired) electrons. The molecule has 58 valence electrons. The number of nitrogens with two attached hydrogens (primary N) is 1. The Morgan fingerprint density at radius 3 is 2.18 bits per heavy atom. The van der Waals surface area contributed by atoms with Crippen molar-refractivity contribution < 1.29 is 0 Å². The predicted molar refractivity (Wildman–Crippen MR) is 46.3 cm³/mol. The first-order valence-electron chi connectivity index (χ1n) is 3.06. The number of hydrogen-bond acceptors (Lipinski definition) is 2. The molecule has 0 aliphatic rings. The minimum Gasteiger partial charge on any atom is -0.326 e. The van der Waals surface area contributed by atoms with Gasteiger partial charge in [-0.25, -0.2) is 0 Å². The maximum atomic E-state index is 8.42. The third kappa shape index (κ3) is 2.58. The second kappa shape index (κ2) is 4.73. The van der Waals surface area contributed by atoms with Crippen LogP contribution >= 0.6 is 12.4 Å². The van der Waals surface area contributed by atoms with Gasteiger partial charge in [-0.05, 0) is 17.7 Å². The SMILES string of the molecule is Cl.N#Cc1ccc(CN)cc1. The summed E-state index contributed by atoms with van der Waals surface area (Å²) in [5.41, 5.74) is 7.09. The molecule has 0 bridgehead atoms. The van der Waals surface area contributed by atoms with Crippen molar-refractivity contribution in [1.82, 2.24) is 0 Å². The van der Waals surface area contributed by atoms with Crippen molar-refractivity contribution in [2.24, 2.45) is 5.73 Å². The Hall–Kier alpha value is -1.04. The van der Waals surface area contributed by atoms with Crippen LogP contribution in [0.2, 0.25) is 0 Å². The van der Waals surface area contributed by atoms with E-state index < -0.39 is 0 Å².